The second-order valence-corrected chi connectivity index (χ2v) is 5.90. The van der Waals surface area contributed by atoms with Gasteiger partial charge in [0.1, 0.15) is 0 Å². The van der Waals surface area contributed by atoms with Crippen LogP contribution < -0.4 is 0 Å². The number of esters is 1. The van der Waals surface area contributed by atoms with Crippen LogP contribution >= 0.6 is 0 Å². The van der Waals surface area contributed by atoms with Crippen LogP contribution in [0.5, 0.6) is 0 Å². The number of carbonyl (C=O) groups is 2. The first-order valence-electron chi connectivity index (χ1n) is 8.18. The fourth-order valence-electron chi connectivity index (χ4n) is 3.02. The van der Waals surface area contributed by atoms with E-state index in [1.54, 1.807) is 6.07 Å². The highest BCUT2D eigenvalue weighted by atomic mass is 16.5. The normalized spacial score (nSPS) is 15.2. The van der Waals surface area contributed by atoms with Gasteiger partial charge in [-0.3, -0.25) is 4.79 Å². The predicted octanol–water partition coefficient (Wildman–Crippen LogP) is 3.40. The number of amides is 1. The first-order chi connectivity index (χ1) is 11.3. The molecule has 0 saturated carbocycles. The Labute approximate surface area is 136 Å². The van der Waals surface area contributed by atoms with Gasteiger partial charge in [0.25, 0.3) is 5.91 Å². The summed E-state index contributed by atoms with van der Waals surface area (Å²) >= 11 is 0. The number of nitrogens with zero attached hydrogens (tertiary/aromatic N) is 1. The van der Waals surface area contributed by atoms with Gasteiger partial charge in [0, 0.05) is 13.1 Å². The number of ether oxygens (including phenoxy) is 1. The first-order valence-corrected chi connectivity index (χ1v) is 8.18. The Hall–Kier alpha value is -2.36. The molecule has 1 fully saturated rings. The fraction of sp³-hybridized carbons (Fsp3) is 0.368. The van der Waals surface area contributed by atoms with Crippen molar-refractivity contribution in [3.63, 3.8) is 0 Å². The number of rotatable bonds is 3. The molecule has 0 spiro atoms. The lowest BCUT2D eigenvalue weighted by atomic mass is 10.1. The Balaban J connectivity index is 1.65. The summed E-state index contributed by atoms with van der Waals surface area (Å²) in [5.74, 6) is -0.537. The maximum absolute atomic E-state index is 12.3. The number of likely N-dealkylation sites (tertiary alicyclic amines) is 1. The van der Waals surface area contributed by atoms with Crippen molar-refractivity contribution in [3.05, 3.63) is 48.0 Å². The van der Waals surface area contributed by atoms with Gasteiger partial charge in [-0.1, -0.05) is 49.2 Å². The van der Waals surface area contributed by atoms with E-state index < -0.39 is 5.97 Å². The summed E-state index contributed by atoms with van der Waals surface area (Å²) < 4.78 is 5.26. The van der Waals surface area contributed by atoms with E-state index in [0.717, 1.165) is 36.7 Å². The van der Waals surface area contributed by atoms with Crippen LogP contribution in [0.1, 0.15) is 36.0 Å². The standard InChI is InChI=1S/C19H21NO3/c21-18(20-12-5-1-2-6-13-20)14-23-19(22)17-11-7-9-15-8-3-4-10-16(15)17/h3-4,7-11H,1-2,5-6,12-14H2. The summed E-state index contributed by atoms with van der Waals surface area (Å²) in [5.41, 5.74) is 0.506. The molecule has 0 bridgehead atoms. The Bertz CT molecular complexity index is 697. The molecule has 1 aliphatic rings. The lowest BCUT2D eigenvalue weighted by Crippen LogP contribution is -2.35. The van der Waals surface area contributed by atoms with Crippen molar-refractivity contribution >= 4 is 22.6 Å². The first kappa shape index (κ1) is 15.5. The summed E-state index contributed by atoms with van der Waals surface area (Å²) in [6.07, 6.45) is 4.39. The van der Waals surface area contributed by atoms with Gasteiger partial charge in [-0.25, -0.2) is 4.79 Å². The molecule has 1 saturated heterocycles. The molecule has 23 heavy (non-hydrogen) atoms. The number of benzene rings is 2. The molecule has 120 valence electrons. The van der Waals surface area contributed by atoms with Crippen LogP contribution in [-0.2, 0) is 9.53 Å². The molecule has 0 radical (unpaired) electrons. The van der Waals surface area contributed by atoms with Crippen molar-refractivity contribution < 1.29 is 14.3 Å². The molecular formula is C19H21NO3. The van der Waals surface area contributed by atoms with Gasteiger partial charge in [-0.05, 0) is 29.7 Å². The molecule has 3 rings (SSSR count). The monoisotopic (exact) mass is 311 g/mol. The van der Waals surface area contributed by atoms with E-state index in [-0.39, 0.29) is 12.5 Å². The van der Waals surface area contributed by atoms with E-state index in [9.17, 15) is 9.59 Å². The summed E-state index contributed by atoms with van der Waals surface area (Å²) in [5, 5.41) is 1.84. The smallest absolute Gasteiger partial charge is 0.339 e. The molecule has 0 atom stereocenters. The zero-order valence-electron chi connectivity index (χ0n) is 13.2. The number of hydrogen-bond acceptors (Lipinski definition) is 3. The van der Waals surface area contributed by atoms with Crippen molar-refractivity contribution in [2.24, 2.45) is 0 Å². The van der Waals surface area contributed by atoms with Crippen LogP contribution in [0.15, 0.2) is 42.5 Å². The Morgan fingerprint density at radius 2 is 1.61 bits per heavy atom. The number of carbonyl (C=O) groups excluding carboxylic acids is 2. The molecule has 4 heteroatoms. The van der Waals surface area contributed by atoms with Gasteiger partial charge < -0.3 is 9.64 Å². The van der Waals surface area contributed by atoms with Crippen molar-refractivity contribution in [2.45, 2.75) is 25.7 Å². The molecule has 1 aliphatic heterocycles. The molecule has 1 heterocycles. The highest BCUT2D eigenvalue weighted by Gasteiger charge is 2.18. The van der Waals surface area contributed by atoms with Crippen LogP contribution in [0.3, 0.4) is 0 Å². The van der Waals surface area contributed by atoms with Crippen molar-refractivity contribution in [1.29, 1.82) is 0 Å². The molecule has 2 aromatic carbocycles. The second kappa shape index (κ2) is 7.27. The third kappa shape index (κ3) is 3.70. The second-order valence-electron chi connectivity index (χ2n) is 5.90. The third-order valence-corrected chi connectivity index (χ3v) is 4.30. The van der Waals surface area contributed by atoms with Gasteiger partial charge in [0.15, 0.2) is 6.61 Å². The Morgan fingerprint density at radius 3 is 2.39 bits per heavy atom. The van der Waals surface area contributed by atoms with Gasteiger partial charge in [0.05, 0.1) is 5.56 Å². The predicted molar refractivity (Wildman–Crippen MR) is 89.3 cm³/mol. The van der Waals surface area contributed by atoms with Gasteiger partial charge in [-0.15, -0.1) is 0 Å². The highest BCUT2D eigenvalue weighted by molar-refractivity contribution is 6.04. The van der Waals surface area contributed by atoms with Gasteiger partial charge in [0.2, 0.25) is 0 Å². The summed E-state index contributed by atoms with van der Waals surface area (Å²) in [6, 6.07) is 13.2. The number of hydrogen-bond donors (Lipinski definition) is 0. The molecule has 4 nitrogen and oxygen atoms in total. The average Bonchev–Trinajstić information content (AvgIpc) is 2.88. The zero-order valence-corrected chi connectivity index (χ0v) is 13.2. The maximum Gasteiger partial charge on any atom is 0.339 e. The van der Waals surface area contributed by atoms with Crippen LogP contribution in [0.25, 0.3) is 10.8 Å². The Morgan fingerprint density at radius 1 is 0.913 bits per heavy atom. The quantitative estimate of drug-likeness (QED) is 0.816. The average molecular weight is 311 g/mol. The fourth-order valence-corrected chi connectivity index (χ4v) is 3.02. The largest absolute Gasteiger partial charge is 0.452 e. The third-order valence-electron chi connectivity index (χ3n) is 4.30. The van der Waals surface area contributed by atoms with E-state index in [1.165, 1.54) is 12.8 Å². The minimum Gasteiger partial charge on any atom is -0.452 e. The molecule has 2 aromatic rings. The van der Waals surface area contributed by atoms with E-state index in [2.05, 4.69) is 0 Å². The van der Waals surface area contributed by atoms with Crippen LogP contribution in [0.4, 0.5) is 0 Å². The van der Waals surface area contributed by atoms with Crippen molar-refractivity contribution in [1.82, 2.24) is 4.90 Å². The van der Waals surface area contributed by atoms with Gasteiger partial charge >= 0.3 is 5.97 Å². The van der Waals surface area contributed by atoms with Crippen molar-refractivity contribution in [2.75, 3.05) is 19.7 Å². The molecule has 0 unspecified atom stereocenters. The lowest BCUT2D eigenvalue weighted by Gasteiger charge is -2.20. The van der Waals surface area contributed by atoms with E-state index in [0.29, 0.717) is 5.56 Å². The molecule has 0 aromatic heterocycles. The van der Waals surface area contributed by atoms with E-state index in [1.807, 2.05) is 41.3 Å². The summed E-state index contributed by atoms with van der Waals surface area (Å²) in [4.78, 5) is 26.3. The van der Waals surface area contributed by atoms with E-state index >= 15 is 0 Å². The van der Waals surface area contributed by atoms with Gasteiger partial charge in [-0.2, -0.15) is 0 Å². The SMILES string of the molecule is O=C(OCC(=O)N1CCCCCC1)c1cccc2ccccc12. The molecular weight excluding hydrogens is 290 g/mol. The van der Waals surface area contributed by atoms with E-state index in [4.69, 9.17) is 4.74 Å². The molecule has 0 aliphatic carbocycles. The molecule has 1 amide bonds. The van der Waals surface area contributed by atoms with Crippen LogP contribution in [-0.4, -0.2) is 36.5 Å². The minimum absolute atomic E-state index is 0.0968. The Kier molecular flexibility index (Phi) is 4.91. The topological polar surface area (TPSA) is 46.6 Å². The minimum atomic E-state index is -0.440. The van der Waals surface area contributed by atoms with Crippen LogP contribution in [0, 0.1) is 0 Å². The molecule has 0 N–H and O–H groups in total. The van der Waals surface area contributed by atoms with Crippen molar-refractivity contribution in [3.8, 4) is 0 Å². The lowest BCUT2D eigenvalue weighted by molar-refractivity contribution is -0.134. The number of fused-ring (bicyclic) bond motifs is 1. The zero-order chi connectivity index (χ0) is 16.1. The maximum atomic E-state index is 12.3. The highest BCUT2D eigenvalue weighted by Crippen LogP contribution is 2.19. The summed E-state index contributed by atoms with van der Waals surface area (Å²) in [6.45, 7) is 1.36. The summed E-state index contributed by atoms with van der Waals surface area (Å²) in [7, 11) is 0. The van der Waals surface area contributed by atoms with Crippen LogP contribution in [0.2, 0.25) is 0 Å².